The number of likely N-dealkylation sites (tertiary alicyclic amines) is 1. The van der Waals surface area contributed by atoms with Crippen LogP contribution in [0.25, 0.3) is 0 Å². The van der Waals surface area contributed by atoms with Gasteiger partial charge in [0, 0.05) is 28.2 Å². The maximum absolute atomic E-state index is 12.4. The molecule has 110 valence electrons. The summed E-state index contributed by atoms with van der Waals surface area (Å²) in [4.78, 5) is 13.9. The average Bonchev–Trinajstić information content (AvgIpc) is 2.40. The van der Waals surface area contributed by atoms with Crippen molar-refractivity contribution in [1.29, 1.82) is 0 Å². The molecule has 8 heteroatoms. The quantitative estimate of drug-likeness (QED) is 0.711. The first-order valence-electron chi connectivity index (χ1n) is 6.03. The molecule has 0 saturated carbocycles. The predicted molar refractivity (Wildman–Crippen MR) is 81.9 cm³/mol. The summed E-state index contributed by atoms with van der Waals surface area (Å²) in [7, 11) is 1.34. The number of hydrogen-bond donors (Lipinski definition) is 0. The van der Waals surface area contributed by atoms with Gasteiger partial charge in [-0.3, -0.25) is 4.79 Å². The van der Waals surface area contributed by atoms with Crippen LogP contribution in [0.4, 0.5) is 0 Å². The van der Waals surface area contributed by atoms with Crippen molar-refractivity contribution in [2.75, 3.05) is 13.1 Å². The molecule has 2 rings (SSSR count). The Hall–Kier alpha value is -0.300. The minimum atomic E-state index is -4.00. The summed E-state index contributed by atoms with van der Waals surface area (Å²) < 4.78 is 23.4. The van der Waals surface area contributed by atoms with Crippen LogP contribution >= 0.6 is 38.2 Å². The molecule has 0 radical (unpaired) electrons. The summed E-state index contributed by atoms with van der Waals surface area (Å²) in [5, 5.41) is -0.126. The van der Waals surface area contributed by atoms with E-state index in [9.17, 15) is 13.2 Å². The topological polar surface area (TPSA) is 54.5 Å². The zero-order chi connectivity index (χ0) is 14.9. The molecule has 0 spiro atoms. The maximum atomic E-state index is 12.4. The SMILES string of the molecule is O=C(c1cc(Br)cc(S(=O)(=O)Cl)c1Cl)N1CCCCC1. The minimum absolute atomic E-state index is 0.126. The van der Waals surface area contributed by atoms with E-state index >= 15 is 0 Å². The highest BCUT2D eigenvalue weighted by molar-refractivity contribution is 9.10. The lowest BCUT2D eigenvalue weighted by Crippen LogP contribution is -2.35. The summed E-state index contributed by atoms with van der Waals surface area (Å²) in [6.45, 7) is 1.31. The molecule has 1 amide bonds. The van der Waals surface area contributed by atoms with Crippen molar-refractivity contribution in [2.45, 2.75) is 24.2 Å². The highest BCUT2D eigenvalue weighted by Crippen LogP contribution is 2.32. The van der Waals surface area contributed by atoms with Gasteiger partial charge in [-0.25, -0.2) is 8.42 Å². The number of piperidine rings is 1. The minimum Gasteiger partial charge on any atom is -0.339 e. The number of carbonyl (C=O) groups is 1. The smallest absolute Gasteiger partial charge is 0.262 e. The van der Waals surface area contributed by atoms with Crippen molar-refractivity contribution in [3.63, 3.8) is 0 Å². The van der Waals surface area contributed by atoms with Gasteiger partial charge in [0.25, 0.3) is 15.0 Å². The van der Waals surface area contributed by atoms with Crippen LogP contribution in [0.3, 0.4) is 0 Å². The van der Waals surface area contributed by atoms with Crippen LogP contribution < -0.4 is 0 Å². The maximum Gasteiger partial charge on any atom is 0.262 e. The lowest BCUT2D eigenvalue weighted by atomic mass is 10.1. The van der Waals surface area contributed by atoms with Gasteiger partial charge >= 0.3 is 0 Å². The van der Waals surface area contributed by atoms with Crippen LogP contribution in [0, 0.1) is 0 Å². The Morgan fingerprint density at radius 1 is 1.20 bits per heavy atom. The van der Waals surface area contributed by atoms with E-state index in [-0.39, 0.29) is 21.4 Å². The van der Waals surface area contributed by atoms with E-state index in [4.69, 9.17) is 22.3 Å². The van der Waals surface area contributed by atoms with E-state index in [1.165, 1.54) is 12.1 Å². The second-order valence-electron chi connectivity index (χ2n) is 4.56. The van der Waals surface area contributed by atoms with E-state index in [2.05, 4.69) is 15.9 Å². The van der Waals surface area contributed by atoms with Crippen molar-refractivity contribution < 1.29 is 13.2 Å². The molecule has 1 saturated heterocycles. The Morgan fingerprint density at radius 3 is 2.35 bits per heavy atom. The number of carbonyl (C=O) groups excluding carboxylic acids is 1. The Kier molecular flexibility index (Phi) is 5.00. The molecule has 0 N–H and O–H groups in total. The molecule has 0 unspecified atom stereocenters. The molecule has 4 nitrogen and oxygen atoms in total. The first-order chi connectivity index (χ1) is 9.30. The van der Waals surface area contributed by atoms with Gasteiger partial charge in [0.1, 0.15) is 4.90 Å². The second-order valence-corrected chi connectivity index (χ2v) is 8.38. The van der Waals surface area contributed by atoms with Gasteiger partial charge in [0.2, 0.25) is 0 Å². The Balaban J connectivity index is 2.46. The second kappa shape index (κ2) is 6.22. The van der Waals surface area contributed by atoms with Gasteiger partial charge in [0.05, 0.1) is 10.6 Å². The van der Waals surface area contributed by atoms with Crippen molar-refractivity contribution in [2.24, 2.45) is 0 Å². The van der Waals surface area contributed by atoms with Gasteiger partial charge in [-0.2, -0.15) is 0 Å². The fraction of sp³-hybridized carbons (Fsp3) is 0.417. The highest BCUT2D eigenvalue weighted by Gasteiger charge is 2.25. The summed E-state index contributed by atoms with van der Waals surface area (Å²) in [6, 6.07) is 2.81. The van der Waals surface area contributed by atoms with Crippen LogP contribution in [0.5, 0.6) is 0 Å². The summed E-state index contributed by atoms with van der Waals surface area (Å²) in [5.74, 6) is -0.266. The Labute approximate surface area is 135 Å². The fourth-order valence-corrected chi connectivity index (χ4v) is 4.34. The van der Waals surface area contributed by atoms with Gasteiger partial charge in [0.15, 0.2) is 0 Å². The van der Waals surface area contributed by atoms with Crippen molar-refractivity contribution in [1.82, 2.24) is 4.90 Å². The van der Waals surface area contributed by atoms with Crippen LogP contribution in [0.1, 0.15) is 29.6 Å². The van der Waals surface area contributed by atoms with E-state index < -0.39 is 9.05 Å². The van der Waals surface area contributed by atoms with Crippen LogP contribution in [-0.2, 0) is 9.05 Å². The van der Waals surface area contributed by atoms with Gasteiger partial charge < -0.3 is 4.90 Å². The van der Waals surface area contributed by atoms with E-state index in [0.29, 0.717) is 17.6 Å². The predicted octanol–water partition coefficient (Wildman–Crippen LogP) is 3.66. The monoisotopic (exact) mass is 399 g/mol. The first kappa shape index (κ1) is 16.1. The van der Waals surface area contributed by atoms with E-state index in [1.54, 1.807) is 4.90 Å². The number of rotatable bonds is 2. The lowest BCUT2D eigenvalue weighted by molar-refractivity contribution is 0.0724. The van der Waals surface area contributed by atoms with Gasteiger partial charge in [-0.05, 0) is 31.4 Å². The number of amides is 1. The summed E-state index contributed by atoms with van der Waals surface area (Å²) in [6.07, 6.45) is 2.98. The molecule has 1 fully saturated rings. The molecule has 1 heterocycles. The number of hydrogen-bond acceptors (Lipinski definition) is 3. The molecule has 1 aliphatic heterocycles. The third kappa shape index (κ3) is 3.47. The zero-order valence-corrected chi connectivity index (χ0v) is 14.3. The normalized spacial score (nSPS) is 16.2. The number of nitrogens with zero attached hydrogens (tertiary/aromatic N) is 1. The summed E-state index contributed by atoms with van der Waals surface area (Å²) >= 11 is 9.23. The zero-order valence-electron chi connectivity index (χ0n) is 10.4. The van der Waals surface area contributed by atoms with Crippen LogP contribution in [-0.4, -0.2) is 32.3 Å². The standard InChI is InChI=1S/C12H12BrCl2NO3S/c13-8-6-9(11(14)10(7-8)20(15,18)19)12(17)16-4-2-1-3-5-16/h6-7H,1-5H2. The van der Waals surface area contributed by atoms with Gasteiger partial charge in [-0.15, -0.1) is 0 Å². The molecule has 1 aromatic rings. The van der Waals surface area contributed by atoms with Crippen LogP contribution in [0.2, 0.25) is 5.02 Å². The molecule has 1 aliphatic rings. The van der Waals surface area contributed by atoms with Crippen molar-refractivity contribution in [3.05, 3.63) is 27.2 Å². The average molecular weight is 401 g/mol. The molecule has 1 aromatic carbocycles. The first-order valence-corrected chi connectivity index (χ1v) is 9.51. The van der Waals surface area contributed by atoms with Gasteiger partial charge in [-0.1, -0.05) is 27.5 Å². The number of benzene rings is 1. The molecule has 0 aromatic heterocycles. The third-order valence-corrected chi connectivity index (χ3v) is 5.46. The molecule has 0 aliphatic carbocycles. The van der Waals surface area contributed by atoms with Crippen LogP contribution in [0.15, 0.2) is 21.5 Å². The Bertz CT molecular complexity index is 642. The molecule has 0 bridgehead atoms. The fourth-order valence-electron chi connectivity index (χ4n) is 2.16. The van der Waals surface area contributed by atoms with Crippen molar-refractivity contribution >= 4 is 53.2 Å². The molecule has 0 atom stereocenters. The molecular weight excluding hydrogens is 389 g/mol. The third-order valence-electron chi connectivity index (χ3n) is 3.14. The molecule has 20 heavy (non-hydrogen) atoms. The largest absolute Gasteiger partial charge is 0.339 e. The van der Waals surface area contributed by atoms with E-state index in [0.717, 1.165) is 19.3 Å². The highest BCUT2D eigenvalue weighted by atomic mass is 79.9. The summed E-state index contributed by atoms with van der Waals surface area (Å²) in [5.41, 5.74) is 0.155. The number of halogens is 3. The Morgan fingerprint density at radius 2 is 1.80 bits per heavy atom. The molecular formula is C12H12BrCl2NO3S. The lowest BCUT2D eigenvalue weighted by Gasteiger charge is -2.27. The van der Waals surface area contributed by atoms with E-state index in [1.807, 2.05) is 0 Å². The van der Waals surface area contributed by atoms with Crippen molar-refractivity contribution in [3.8, 4) is 0 Å².